The molecule has 0 aliphatic carbocycles. The first kappa shape index (κ1) is 16.2. The smallest absolute Gasteiger partial charge is 0.254 e. The molecule has 0 radical (unpaired) electrons. The van der Waals surface area contributed by atoms with Gasteiger partial charge in [0.15, 0.2) is 5.82 Å². The van der Waals surface area contributed by atoms with Crippen molar-refractivity contribution in [1.82, 2.24) is 34.8 Å². The number of piperidine rings is 1. The molecule has 26 heavy (non-hydrogen) atoms. The summed E-state index contributed by atoms with van der Waals surface area (Å²) >= 11 is 0. The van der Waals surface area contributed by atoms with Gasteiger partial charge in [-0.2, -0.15) is 10.2 Å². The number of carbonyl (C=O) groups excluding carboxylic acids is 1. The van der Waals surface area contributed by atoms with Crippen LogP contribution in [0.3, 0.4) is 0 Å². The standard InChI is InChI=1S/C17H20N8O/c1-23-12-13(9-20-23)17(26)21-14-3-7-24(8-4-14)15-10-18-11-16(22-15)25-6-2-5-19-25/h2,5-6,9-12,14H,3-4,7-8H2,1H3,(H,21,26). The van der Waals surface area contributed by atoms with E-state index in [-0.39, 0.29) is 11.9 Å². The Bertz CT molecular complexity index is 880. The third kappa shape index (κ3) is 3.41. The fourth-order valence-corrected chi connectivity index (χ4v) is 3.07. The van der Waals surface area contributed by atoms with E-state index in [0.29, 0.717) is 11.4 Å². The lowest BCUT2D eigenvalue weighted by Gasteiger charge is -2.33. The van der Waals surface area contributed by atoms with Gasteiger partial charge in [0, 0.05) is 44.8 Å². The summed E-state index contributed by atoms with van der Waals surface area (Å²) in [6.07, 6.45) is 12.0. The fourth-order valence-electron chi connectivity index (χ4n) is 3.07. The molecule has 1 aliphatic heterocycles. The first-order chi connectivity index (χ1) is 12.7. The second-order valence-electron chi connectivity index (χ2n) is 6.32. The number of hydrogen-bond acceptors (Lipinski definition) is 6. The molecule has 1 saturated heterocycles. The van der Waals surface area contributed by atoms with Crippen LogP contribution in [0.15, 0.2) is 43.2 Å². The van der Waals surface area contributed by atoms with Crippen LogP contribution >= 0.6 is 0 Å². The van der Waals surface area contributed by atoms with Crippen molar-refractivity contribution in [2.75, 3.05) is 18.0 Å². The summed E-state index contributed by atoms with van der Waals surface area (Å²) < 4.78 is 3.32. The van der Waals surface area contributed by atoms with Gasteiger partial charge in [-0.25, -0.2) is 9.67 Å². The summed E-state index contributed by atoms with van der Waals surface area (Å²) in [5.41, 5.74) is 0.590. The normalized spacial score (nSPS) is 15.2. The third-order valence-corrected chi connectivity index (χ3v) is 4.47. The van der Waals surface area contributed by atoms with E-state index in [1.807, 2.05) is 12.3 Å². The van der Waals surface area contributed by atoms with E-state index in [1.165, 1.54) is 0 Å². The summed E-state index contributed by atoms with van der Waals surface area (Å²) in [6, 6.07) is 2.01. The molecule has 0 atom stereocenters. The maximum absolute atomic E-state index is 12.2. The Morgan fingerprint density at radius 1 is 1.15 bits per heavy atom. The average molecular weight is 352 g/mol. The first-order valence-corrected chi connectivity index (χ1v) is 8.55. The Labute approximate surface area is 150 Å². The molecule has 1 aliphatic rings. The summed E-state index contributed by atoms with van der Waals surface area (Å²) in [6.45, 7) is 1.63. The van der Waals surface area contributed by atoms with Gasteiger partial charge < -0.3 is 10.2 Å². The van der Waals surface area contributed by atoms with Crippen LogP contribution in [0.25, 0.3) is 5.82 Å². The van der Waals surface area contributed by atoms with Crippen LogP contribution in [0, 0.1) is 0 Å². The molecule has 1 amide bonds. The second-order valence-corrected chi connectivity index (χ2v) is 6.32. The number of carbonyl (C=O) groups is 1. The molecule has 4 heterocycles. The number of hydrogen-bond donors (Lipinski definition) is 1. The lowest BCUT2D eigenvalue weighted by atomic mass is 10.0. The van der Waals surface area contributed by atoms with Crippen LogP contribution in [0.4, 0.5) is 5.82 Å². The Hall–Kier alpha value is -3.23. The topological polar surface area (TPSA) is 93.8 Å². The number of anilines is 1. The molecule has 0 spiro atoms. The monoisotopic (exact) mass is 352 g/mol. The number of rotatable bonds is 4. The van der Waals surface area contributed by atoms with E-state index in [1.54, 1.807) is 47.4 Å². The summed E-state index contributed by atoms with van der Waals surface area (Å²) in [7, 11) is 1.80. The van der Waals surface area contributed by atoms with Crippen LogP contribution in [0.1, 0.15) is 23.2 Å². The van der Waals surface area contributed by atoms with Crippen molar-refractivity contribution >= 4 is 11.7 Å². The highest BCUT2D eigenvalue weighted by Gasteiger charge is 2.22. The quantitative estimate of drug-likeness (QED) is 0.746. The third-order valence-electron chi connectivity index (χ3n) is 4.47. The molecule has 0 saturated carbocycles. The van der Waals surface area contributed by atoms with Gasteiger partial charge in [-0.1, -0.05) is 0 Å². The largest absolute Gasteiger partial charge is 0.355 e. The first-order valence-electron chi connectivity index (χ1n) is 8.55. The molecular weight excluding hydrogens is 332 g/mol. The maximum Gasteiger partial charge on any atom is 0.254 e. The molecule has 134 valence electrons. The molecule has 1 N–H and O–H groups in total. The minimum absolute atomic E-state index is 0.0722. The Morgan fingerprint density at radius 3 is 2.65 bits per heavy atom. The van der Waals surface area contributed by atoms with Crippen molar-refractivity contribution in [1.29, 1.82) is 0 Å². The highest BCUT2D eigenvalue weighted by molar-refractivity contribution is 5.93. The lowest BCUT2D eigenvalue weighted by molar-refractivity contribution is 0.0931. The molecular formula is C17H20N8O. The highest BCUT2D eigenvalue weighted by atomic mass is 16.1. The van der Waals surface area contributed by atoms with E-state index >= 15 is 0 Å². The van der Waals surface area contributed by atoms with Gasteiger partial charge in [0.05, 0.1) is 24.2 Å². The lowest BCUT2D eigenvalue weighted by Crippen LogP contribution is -2.45. The maximum atomic E-state index is 12.2. The minimum Gasteiger partial charge on any atom is -0.355 e. The van der Waals surface area contributed by atoms with E-state index in [0.717, 1.165) is 31.7 Å². The van der Waals surface area contributed by atoms with Crippen LogP contribution in [-0.4, -0.2) is 54.6 Å². The van der Waals surface area contributed by atoms with E-state index in [2.05, 4.69) is 30.4 Å². The Kier molecular flexibility index (Phi) is 4.34. The average Bonchev–Trinajstić information content (AvgIpc) is 3.34. The van der Waals surface area contributed by atoms with E-state index in [9.17, 15) is 4.79 Å². The molecule has 9 heteroatoms. The predicted octanol–water partition coefficient (Wildman–Crippen LogP) is 0.795. The fraction of sp³-hybridized carbons (Fsp3) is 0.353. The molecule has 3 aromatic rings. The van der Waals surface area contributed by atoms with Crippen molar-refractivity contribution in [3.63, 3.8) is 0 Å². The number of nitrogens with one attached hydrogen (secondary N) is 1. The number of nitrogens with zero attached hydrogens (tertiary/aromatic N) is 7. The molecule has 0 unspecified atom stereocenters. The van der Waals surface area contributed by atoms with Crippen molar-refractivity contribution < 1.29 is 4.79 Å². The van der Waals surface area contributed by atoms with Gasteiger partial charge in [0.2, 0.25) is 0 Å². The van der Waals surface area contributed by atoms with Gasteiger partial charge in [0.25, 0.3) is 5.91 Å². The Balaban J connectivity index is 1.36. The van der Waals surface area contributed by atoms with E-state index < -0.39 is 0 Å². The number of aryl methyl sites for hydroxylation is 1. The van der Waals surface area contributed by atoms with Crippen LogP contribution in [0.2, 0.25) is 0 Å². The molecule has 1 fully saturated rings. The van der Waals surface area contributed by atoms with E-state index in [4.69, 9.17) is 0 Å². The van der Waals surface area contributed by atoms with Crippen molar-refractivity contribution in [3.05, 3.63) is 48.8 Å². The molecule has 9 nitrogen and oxygen atoms in total. The molecule has 4 rings (SSSR count). The van der Waals surface area contributed by atoms with Gasteiger partial charge in [-0.15, -0.1) is 0 Å². The minimum atomic E-state index is -0.0722. The molecule has 0 bridgehead atoms. The van der Waals surface area contributed by atoms with Crippen LogP contribution < -0.4 is 10.2 Å². The summed E-state index contributed by atoms with van der Waals surface area (Å²) in [5.74, 6) is 1.45. The summed E-state index contributed by atoms with van der Waals surface area (Å²) in [5, 5.41) is 11.3. The zero-order valence-corrected chi connectivity index (χ0v) is 14.5. The van der Waals surface area contributed by atoms with Crippen LogP contribution in [-0.2, 0) is 7.05 Å². The second kappa shape index (κ2) is 6.95. The molecule has 0 aromatic carbocycles. The van der Waals surface area contributed by atoms with Crippen molar-refractivity contribution in [3.8, 4) is 5.82 Å². The zero-order valence-electron chi connectivity index (χ0n) is 14.5. The SMILES string of the molecule is Cn1cc(C(=O)NC2CCN(c3cncc(-n4cccn4)n3)CC2)cn1. The van der Waals surface area contributed by atoms with Crippen molar-refractivity contribution in [2.45, 2.75) is 18.9 Å². The van der Waals surface area contributed by atoms with Crippen LogP contribution in [0.5, 0.6) is 0 Å². The highest BCUT2D eigenvalue weighted by Crippen LogP contribution is 2.18. The predicted molar refractivity (Wildman–Crippen MR) is 95.1 cm³/mol. The van der Waals surface area contributed by atoms with Gasteiger partial charge in [0.1, 0.15) is 5.82 Å². The van der Waals surface area contributed by atoms with Crippen molar-refractivity contribution in [2.24, 2.45) is 7.05 Å². The van der Waals surface area contributed by atoms with Gasteiger partial charge in [-0.05, 0) is 18.9 Å². The zero-order chi connectivity index (χ0) is 17.9. The van der Waals surface area contributed by atoms with Gasteiger partial charge in [-0.3, -0.25) is 14.5 Å². The Morgan fingerprint density at radius 2 is 1.96 bits per heavy atom. The molecule has 3 aromatic heterocycles. The van der Waals surface area contributed by atoms with Gasteiger partial charge >= 0.3 is 0 Å². The number of amides is 1. The number of aromatic nitrogens is 6. The summed E-state index contributed by atoms with van der Waals surface area (Å²) in [4.78, 5) is 23.4.